The Morgan fingerprint density at radius 2 is 1.49 bits per heavy atom. The maximum absolute atomic E-state index is 14.4. The van der Waals surface area contributed by atoms with Gasteiger partial charge in [0.1, 0.15) is 6.54 Å². The van der Waals surface area contributed by atoms with E-state index in [0.29, 0.717) is 17.7 Å². The van der Waals surface area contributed by atoms with Gasteiger partial charge in [-0.1, -0.05) is 91.0 Å². The smallest absolute Gasteiger partial charge is 0.407 e. The average molecular weight is 553 g/mol. The molecule has 1 aliphatic rings. The summed E-state index contributed by atoms with van der Waals surface area (Å²) < 4.78 is 6.77. The summed E-state index contributed by atoms with van der Waals surface area (Å²) in [6.45, 7) is 2.42. The Morgan fingerprint density at radius 3 is 2.10 bits per heavy atom. The lowest BCUT2D eigenvalue weighted by atomic mass is 9.97. The minimum absolute atomic E-state index is 0.161. The molecule has 3 aromatic carbocycles. The van der Waals surface area contributed by atoms with Crippen LogP contribution in [0.3, 0.4) is 0 Å². The average Bonchev–Trinajstić information content (AvgIpc) is 3.37. The fourth-order valence-electron chi connectivity index (χ4n) is 5.32. The van der Waals surface area contributed by atoms with Gasteiger partial charge in [0.25, 0.3) is 5.91 Å². The molecule has 0 unspecified atom stereocenters. The molecule has 9 nitrogen and oxygen atoms in total. The van der Waals surface area contributed by atoms with Gasteiger partial charge in [-0.25, -0.2) is 4.79 Å². The van der Waals surface area contributed by atoms with Crippen LogP contribution in [0.4, 0.5) is 4.79 Å². The molecule has 1 aromatic heterocycles. The molecule has 5 rings (SSSR count). The van der Waals surface area contributed by atoms with Gasteiger partial charge in [0, 0.05) is 30.8 Å². The molecular weight excluding hydrogens is 520 g/mol. The van der Waals surface area contributed by atoms with Gasteiger partial charge >= 0.3 is 12.1 Å². The van der Waals surface area contributed by atoms with E-state index in [1.807, 2.05) is 91.0 Å². The third-order valence-electron chi connectivity index (χ3n) is 7.18. The highest BCUT2D eigenvalue weighted by atomic mass is 16.5. The van der Waals surface area contributed by atoms with Gasteiger partial charge < -0.3 is 19.6 Å². The monoisotopic (exact) mass is 552 g/mol. The number of carbonyl (C=O) groups excluding carboxylic acids is 2. The predicted molar refractivity (Wildman–Crippen MR) is 154 cm³/mol. The first-order chi connectivity index (χ1) is 20.0. The van der Waals surface area contributed by atoms with Crippen molar-refractivity contribution in [3.63, 3.8) is 0 Å². The Kier molecular flexibility index (Phi) is 8.43. The zero-order valence-electron chi connectivity index (χ0n) is 22.8. The molecule has 1 saturated heterocycles. The molecular formula is C32H32N4O5. The summed E-state index contributed by atoms with van der Waals surface area (Å²) in [6, 6.07) is 28.4. The summed E-state index contributed by atoms with van der Waals surface area (Å²) in [5.41, 5.74) is 4.05. The minimum Gasteiger partial charge on any atom is -0.465 e. The first-order valence-electron chi connectivity index (χ1n) is 13.7. The number of nitrogens with zero attached hydrogens (tertiary/aromatic N) is 4. The Morgan fingerprint density at radius 1 is 0.878 bits per heavy atom. The maximum atomic E-state index is 14.4. The molecule has 0 spiro atoms. The second-order valence-corrected chi connectivity index (χ2v) is 9.84. The molecule has 0 bridgehead atoms. The summed E-state index contributed by atoms with van der Waals surface area (Å²) in [5, 5.41) is 14.5. The number of piperazine rings is 1. The van der Waals surface area contributed by atoms with E-state index in [9.17, 15) is 19.5 Å². The first kappa shape index (κ1) is 27.6. The molecule has 210 valence electrons. The number of ether oxygens (including phenoxy) is 1. The Labute approximate surface area is 238 Å². The van der Waals surface area contributed by atoms with Crippen molar-refractivity contribution in [2.75, 3.05) is 26.2 Å². The molecule has 4 aromatic rings. The van der Waals surface area contributed by atoms with E-state index in [1.165, 1.54) is 4.90 Å². The Balaban J connectivity index is 1.63. The van der Waals surface area contributed by atoms with Crippen LogP contribution in [-0.2, 0) is 22.5 Å². The lowest BCUT2D eigenvalue weighted by Crippen LogP contribution is -2.57. The fraction of sp³-hybridized carbons (Fsp3) is 0.250. The standard InChI is InChI=1S/C32H32N4O5/c1-2-41-27(37)22-36-30(25-16-10-5-11-17-25)28(24-14-8-4-9-15-24)29(33-36)31(38)35-19-18-34(32(39)40)21-26(35)20-23-12-6-3-7-13-23/h3-17,26H,2,18-22H2,1H3,(H,39,40)/t26-/m1/s1. The quantitative estimate of drug-likeness (QED) is 0.314. The lowest BCUT2D eigenvalue weighted by Gasteiger charge is -2.40. The van der Waals surface area contributed by atoms with Crippen molar-refractivity contribution in [2.24, 2.45) is 0 Å². The van der Waals surface area contributed by atoms with E-state index in [0.717, 1.165) is 16.7 Å². The van der Waals surface area contributed by atoms with Gasteiger partial charge in [0.05, 0.1) is 18.3 Å². The van der Waals surface area contributed by atoms with E-state index in [2.05, 4.69) is 0 Å². The molecule has 0 aliphatic carbocycles. The number of esters is 1. The van der Waals surface area contributed by atoms with Crippen LogP contribution in [0.1, 0.15) is 23.0 Å². The van der Waals surface area contributed by atoms with Gasteiger partial charge in [-0.2, -0.15) is 5.10 Å². The van der Waals surface area contributed by atoms with Gasteiger partial charge in [-0.3, -0.25) is 14.3 Å². The molecule has 0 radical (unpaired) electrons. The van der Waals surface area contributed by atoms with Crippen LogP contribution in [-0.4, -0.2) is 74.9 Å². The molecule has 41 heavy (non-hydrogen) atoms. The molecule has 1 fully saturated rings. The van der Waals surface area contributed by atoms with Crippen molar-refractivity contribution in [3.8, 4) is 22.4 Å². The number of amides is 2. The fourth-order valence-corrected chi connectivity index (χ4v) is 5.32. The second kappa shape index (κ2) is 12.5. The number of aromatic nitrogens is 2. The van der Waals surface area contributed by atoms with Crippen LogP contribution < -0.4 is 0 Å². The third-order valence-corrected chi connectivity index (χ3v) is 7.18. The molecule has 2 amide bonds. The summed E-state index contributed by atoms with van der Waals surface area (Å²) in [6.07, 6.45) is -0.517. The highest BCUT2D eigenvalue weighted by Crippen LogP contribution is 2.36. The number of benzene rings is 3. The zero-order chi connectivity index (χ0) is 28.8. The van der Waals surface area contributed by atoms with Crippen molar-refractivity contribution in [3.05, 3.63) is 102 Å². The summed E-state index contributed by atoms with van der Waals surface area (Å²) in [4.78, 5) is 42.0. The number of hydrogen-bond acceptors (Lipinski definition) is 5. The maximum Gasteiger partial charge on any atom is 0.407 e. The molecule has 1 atom stereocenters. The van der Waals surface area contributed by atoms with Gasteiger partial charge in [-0.05, 0) is 24.5 Å². The van der Waals surface area contributed by atoms with Crippen LogP contribution in [0.15, 0.2) is 91.0 Å². The van der Waals surface area contributed by atoms with Crippen LogP contribution in [0, 0.1) is 0 Å². The second-order valence-electron chi connectivity index (χ2n) is 9.84. The molecule has 9 heteroatoms. The molecule has 0 saturated carbocycles. The van der Waals surface area contributed by atoms with Crippen molar-refractivity contribution >= 4 is 18.0 Å². The minimum atomic E-state index is -1.01. The normalized spacial score (nSPS) is 15.0. The molecule has 1 N–H and O–H groups in total. The SMILES string of the molecule is CCOC(=O)Cn1nc(C(=O)N2CCN(C(=O)O)C[C@H]2Cc2ccccc2)c(-c2ccccc2)c1-c1ccccc1. The van der Waals surface area contributed by atoms with Gasteiger partial charge in [0.15, 0.2) is 5.69 Å². The van der Waals surface area contributed by atoms with Crippen LogP contribution in [0.2, 0.25) is 0 Å². The summed E-state index contributed by atoms with van der Waals surface area (Å²) >= 11 is 0. The van der Waals surface area contributed by atoms with E-state index < -0.39 is 18.1 Å². The highest BCUT2D eigenvalue weighted by molar-refractivity contribution is 6.03. The van der Waals surface area contributed by atoms with Gasteiger partial charge in [0.2, 0.25) is 0 Å². The first-order valence-corrected chi connectivity index (χ1v) is 13.7. The van der Waals surface area contributed by atoms with Crippen molar-refractivity contribution in [1.29, 1.82) is 0 Å². The number of carboxylic acid groups (broad SMARTS) is 1. The lowest BCUT2D eigenvalue weighted by molar-refractivity contribution is -0.144. The largest absolute Gasteiger partial charge is 0.465 e. The van der Waals surface area contributed by atoms with Crippen LogP contribution in [0.5, 0.6) is 0 Å². The zero-order valence-corrected chi connectivity index (χ0v) is 22.8. The van der Waals surface area contributed by atoms with Crippen molar-refractivity contribution < 1.29 is 24.2 Å². The Bertz CT molecular complexity index is 1510. The predicted octanol–water partition coefficient (Wildman–Crippen LogP) is 4.83. The highest BCUT2D eigenvalue weighted by Gasteiger charge is 2.36. The number of carbonyl (C=O) groups is 3. The van der Waals surface area contributed by atoms with E-state index in [-0.39, 0.29) is 44.4 Å². The van der Waals surface area contributed by atoms with Gasteiger partial charge in [-0.15, -0.1) is 0 Å². The summed E-state index contributed by atoms with van der Waals surface area (Å²) in [7, 11) is 0. The topological polar surface area (TPSA) is 105 Å². The van der Waals surface area contributed by atoms with E-state index >= 15 is 0 Å². The van der Waals surface area contributed by atoms with E-state index in [1.54, 1.807) is 16.5 Å². The van der Waals surface area contributed by atoms with E-state index in [4.69, 9.17) is 9.84 Å². The number of rotatable bonds is 8. The van der Waals surface area contributed by atoms with Crippen LogP contribution >= 0.6 is 0 Å². The summed E-state index contributed by atoms with van der Waals surface area (Å²) in [5.74, 6) is -0.766. The van der Waals surface area contributed by atoms with Crippen molar-refractivity contribution in [2.45, 2.75) is 25.9 Å². The van der Waals surface area contributed by atoms with Crippen LogP contribution in [0.25, 0.3) is 22.4 Å². The molecule has 1 aliphatic heterocycles. The Hall–Kier alpha value is -4.92. The van der Waals surface area contributed by atoms with Crippen molar-refractivity contribution in [1.82, 2.24) is 19.6 Å². The third kappa shape index (κ3) is 6.14. The molecule has 2 heterocycles. The number of hydrogen-bond donors (Lipinski definition) is 1.